The van der Waals surface area contributed by atoms with E-state index in [-0.39, 0.29) is 11.5 Å². The molecule has 0 saturated heterocycles. The maximum absolute atomic E-state index is 11.2. The van der Waals surface area contributed by atoms with Crippen LogP contribution in [0.25, 0.3) is 4.85 Å². The molecular formula is C12H6N4O2S2. The first-order chi connectivity index (χ1) is 9.63. The molecule has 0 unspecified atom stereocenters. The van der Waals surface area contributed by atoms with Gasteiger partial charge in [0, 0.05) is 34.1 Å². The van der Waals surface area contributed by atoms with Crippen molar-refractivity contribution in [3.05, 3.63) is 64.2 Å². The van der Waals surface area contributed by atoms with Crippen LogP contribution in [0.3, 0.4) is 0 Å². The predicted molar refractivity (Wildman–Crippen MR) is 73.5 cm³/mol. The van der Waals surface area contributed by atoms with Crippen LogP contribution in [0.1, 0.15) is 5.69 Å². The summed E-state index contributed by atoms with van der Waals surface area (Å²) in [5.74, 6) is -0.00113. The Balaban J connectivity index is 2.13. The van der Waals surface area contributed by atoms with Gasteiger partial charge < -0.3 is 10.4 Å². The summed E-state index contributed by atoms with van der Waals surface area (Å²) >= 11 is 0. The van der Waals surface area contributed by atoms with Gasteiger partial charge in [-0.25, -0.2) is 0 Å². The van der Waals surface area contributed by atoms with Crippen LogP contribution in [0.4, 0.5) is 5.82 Å². The van der Waals surface area contributed by atoms with E-state index in [0.717, 1.165) is 9.79 Å². The molecule has 0 atom stereocenters. The van der Waals surface area contributed by atoms with Crippen LogP contribution in [0.15, 0.2) is 46.5 Å². The third-order valence-corrected chi connectivity index (χ3v) is 4.61. The first kappa shape index (κ1) is 14.0. The van der Waals surface area contributed by atoms with Gasteiger partial charge in [-0.05, 0) is 0 Å². The average molecular weight is 302 g/mol. The minimum atomic E-state index is -0.00113. The highest BCUT2D eigenvalue weighted by Crippen LogP contribution is 2.37. The lowest BCUT2D eigenvalue weighted by atomic mass is 10.4. The standard InChI is InChI=1S/C12H6N4O2S2/c1-14-12-7-11(3-5-16(12)18)20-19-10-2-4-15(17)9(6-10)8-13/h2-7H. The third-order valence-electron chi connectivity index (χ3n) is 2.23. The van der Waals surface area contributed by atoms with Gasteiger partial charge in [0.15, 0.2) is 18.5 Å². The van der Waals surface area contributed by atoms with E-state index in [9.17, 15) is 10.4 Å². The molecule has 2 aromatic heterocycles. The highest BCUT2D eigenvalue weighted by atomic mass is 33.1. The van der Waals surface area contributed by atoms with Crippen LogP contribution in [-0.4, -0.2) is 0 Å². The van der Waals surface area contributed by atoms with Gasteiger partial charge in [-0.1, -0.05) is 21.6 Å². The van der Waals surface area contributed by atoms with Crippen LogP contribution in [-0.2, 0) is 0 Å². The van der Waals surface area contributed by atoms with Crippen molar-refractivity contribution in [1.82, 2.24) is 0 Å². The predicted octanol–water partition coefficient (Wildman–Crippen LogP) is 2.18. The number of hydrogen-bond donors (Lipinski definition) is 0. The number of rotatable bonds is 3. The van der Waals surface area contributed by atoms with Crippen molar-refractivity contribution in [3.63, 3.8) is 0 Å². The maximum Gasteiger partial charge on any atom is 0.431 e. The quantitative estimate of drug-likeness (QED) is 0.375. The van der Waals surface area contributed by atoms with E-state index < -0.39 is 0 Å². The highest BCUT2D eigenvalue weighted by Gasteiger charge is 2.09. The third kappa shape index (κ3) is 3.12. The molecule has 20 heavy (non-hydrogen) atoms. The van der Waals surface area contributed by atoms with E-state index in [0.29, 0.717) is 9.46 Å². The fraction of sp³-hybridized carbons (Fsp3) is 0. The van der Waals surface area contributed by atoms with E-state index in [1.54, 1.807) is 18.2 Å². The van der Waals surface area contributed by atoms with Crippen LogP contribution in [0, 0.1) is 28.3 Å². The van der Waals surface area contributed by atoms with Crippen molar-refractivity contribution in [3.8, 4) is 6.07 Å². The molecular weight excluding hydrogens is 296 g/mol. The largest absolute Gasteiger partial charge is 0.629 e. The molecule has 2 aromatic rings. The zero-order valence-electron chi connectivity index (χ0n) is 9.89. The SMILES string of the molecule is [C-]#[N+]c1cc(SSc2cc[n+]([O-])c(C#N)c2)cc[n+]1[O-]. The zero-order chi connectivity index (χ0) is 14.5. The molecule has 0 fully saturated rings. The molecule has 6 nitrogen and oxygen atoms in total. The Morgan fingerprint density at radius 1 is 1.10 bits per heavy atom. The monoisotopic (exact) mass is 302 g/mol. The Kier molecular flexibility index (Phi) is 4.31. The summed E-state index contributed by atoms with van der Waals surface area (Å²) in [7, 11) is 2.67. The minimum Gasteiger partial charge on any atom is -0.629 e. The number of aromatic nitrogens is 2. The fourth-order valence-corrected chi connectivity index (χ4v) is 3.23. The van der Waals surface area contributed by atoms with Gasteiger partial charge in [0.1, 0.15) is 6.57 Å². The van der Waals surface area contributed by atoms with Gasteiger partial charge >= 0.3 is 5.82 Å². The van der Waals surface area contributed by atoms with Crippen molar-refractivity contribution < 1.29 is 9.46 Å². The molecule has 0 spiro atoms. The fourth-order valence-electron chi connectivity index (χ4n) is 1.29. The Morgan fingerprint density at radius 3 is 2.30 bits per heavy atom. The Bertz CT molecular complexity index is 674. The Morgan fingerprint density at radius 2 is 1.70 bits per heavy atom. The molecule has 0 radical (unpaired) electrons. The summed E-state index contributed by atoms with van der Waals surface area (Å²) in [6.45, 7) is 6.87. The summed E-state index contributed by atoms with van der Waals surface area (Å²) in [5, 5.41) is 31.2. The molecule has 2 heterocycles. The van der Waals surface area contributed by atoms with E-state index in [4.69, 9.17) is 11.8 Å². The Hall–Kier alpha value is -2.42. The molecule has 2 rings (SSSR count). The second-order valence-corrected chi connectivity index (χ2v) is 5.79. The van der Waals surface area contributed by atoms with Gasteiger partial charge in [0.25, 0.3) is 5.69 Å². The minimum absolute atomic E-state index is 0.00113. The van der Waals surface area contributed by atoms with Crippen LogP contribution in [0.2, 0.25) is 0 Å². The molecule has 0 saturated carbocycles. The maximum atomic E-state index is 11.2. The topological polar surface area (TPSA) is 82.0 Å². The summed E-state index contributed by atoms with van der Waals surface area (Å²) in [6, 6.07) is 7.97. The number of nitriles is 1. The average Bonchev–Trinajstić information content (AvgIpc) is 2.47. The smallest absolute Gasteiger partial charge is 0.431 e. The molecule has 0 aromatic carbocycles. The zero-order valence-corrected chi connectivity index (χ0v) is 11.5. The molecule has 0 bridgehead atoms. The van der Waals surface area contributed by atoms with Crippen LogP contribution in [0.5, 0.6) is 0 Å². The number of nitrogens with zero attached hydrogens (tertiary/aromatic N) is 4. The van der Waals surface area contributed by atoms with Gasteiger partial charge in [0.05, 0.1) is 0 Å². The second kappa shape index (κ2) is 6.15. The molecule has 0 amide bonds. The lowest BCUT2D eigenvalue weighted by Crippen LogP contribution is -2.29. The summed E-state index contributed by atoms with van der Waals surface area (Å²) < 4.78 is 0.993. The van der Waals surface area contributed by atoms with Crippen LogP contribution >= 0.6 is 21.6 Å². The number of pyridine rings is 2. The van der Waals surface area contributed by atoms with E-state index in [2.05, 4.69) is 4.85 Å². The summed E-state index contributed by atoms with van der Waals surface area (Å²) in [4.78, 5) is 4.59. The molecule has 0 aliphatic carbocycles. The van der Waals surface area contributed by atoms with Crippen molar-refractivity contribution in [2.45, 2.75) is 9.79 Å². The normalized spacial score (nSPS) is 9.70. The van der Waals surface area contributed by atoms with Crippen molar-refractivity contribution in [1.29, 1.82) is 5.26 Å². The molecule has 0 N–H and O–H groups in total. The van der Waals surface area contributed by atoms with Crippen molar-refractivity contribution in [2.24, 2.45) is 0 Å². The number of hydrogen-bond acceptors (Lipinski definition) is 5. The van der Waals surface area contributed by atoms with E-state index >= 15 is 0 Å². The second-order valence-electron chi connectivity index (χ2n) is 3.51. The highest BCUT2D eigenvalue weighted by molar-refractivity contribution is 8.76. The molecule has 8 heteroatoms. The van der Waals surface area contributed by atoms with Crippen LogP contribution < -0.4 is 9.46 Å². The first-order valence-electron chi connectivity index (χ1n) is 5.22. The lowest BCUT2D eigenvalue weighted by molar-refractivity contribution is -0.608. The summed E-state index contributed by atoms with van der Waals surface area (Å²) in [5.41, 5.74) is 0.0166. The Labute approximate surface area is 122 Å². The molecule has 0 aliphatic rings. The lowest BCUT2D eigenvalue weighted by Gasteiger charge is -2.03. The molecule has 0 aliphatic heterocycles. The van der Waals surface area contributed by atoms with Gasteiger partial charge in [-0.2, -0.15) is 19.6 Å². The van der Waals surface area contributed by atoms with Crippen molar-refractivity contribution >= 4 is 27.4 Å². The van der Waals surface area contributed by atoms with E-state index in [1.165, 1.54) is 46.1 Å². The van der Waals surface area contributed by atoms with Gasteiger partial charge in [0.2, 0.25) is 0 Å². The van der Waals surface area contributed by atoms with Gasteiger partial charge in [-0.15, -0.1) is 0 Å². The summed E-state index contributed by atoms with van der Waals surface area (Å²) in [6.07, 6.45) is 2.54. The molecule has 98 valence electrons. The van der Waals surface area contributed by atoms with E-state index in [1.807, 2.05) is 0 Å². The first-order valence-corrected chi connectivity index (χ1v) is 7.37. The van der Waals surface area contributed by atoms with Crippen molar-refractivity contribution in [2.75, 3.05) is 0 Å². The van der Waals surface area contributed by atoms with Gasteiger partial charge in [-0.3, -0.25) is 0 Å².